The van der Waals surface area contributed by atoms with Gasteiger partial charge in [0, 0.05) is 12.6 Å². The zero-order valence-electron chi connectivity index (χ0n) is 9.99. The summed E-state index contributed by atoms with van der Waals surface area (Å²) in [6.45, 7) is 0.142. The van der Waals surface area contributed by atoms with Crippen molar-refractivity contribution in [1.29, 1.82) is 0 Å². The fraction of sp³-hybridized carbons (Fsp3) is 1.00. The molecule has 4 nitrogen and oxygen atoms in total. The largest absolute Gasteiger partial charge is 0.328 e. The van der Waals surface area contributed by atoms with E-state index >= 15 is 0 Å². The molecule has 100 valence electrons. The molecule has 0 spiro atoms. The summed E-state index contributed by atoms with van der Waals surface area (Å²) in [5.74, 6) is 0.231. The Balaban J connectivity index is 1.86. The summed E-state index contributed by atoms with van der Waals surface area (Å²) < 4.78 is 37.5. The van der Waals surface area contributed by atoms with E-state index in [1.165, 1.54) is 0 Å². The van der Waals surface area contributed by atoms with E-state index in [1.54, 1.807) is 0 Å². The van der Waals surface area contributed by atoms with Crippen LogP contribution in [0.25, 0.3) is 0 Å². The van der Waals surface area contributed by atoms with Crippen LogP contribution in [0.5, 0.6) is 0 Å². The molecule has 0 radical (unpaired) electrons. The summed E-state index contributed by atoms with van der Waals surface area (Å²) in [6.07, 6.45) is 3.55. The van der Waals surface area contributed by atoms with Gasteiger partial charge in [-0.15, -0.1) is 0 Å². The molecule has 1 aliphatic heterocycles. The summed E-state index contributed by atoms with van der Waals surface area (Å²) >= 11 is 0. The van der Waals surface area contributed by atoms with Crippen LogP contribution in [0.1, 0.15) is 38.5 Å². The fourth-order valence-electron chi connectivity index (χ4n) is 2.65. The lowest BCUT2D eigenvalue weighted by Gasteiger charge is -2.33. The van der Waals surface area contributed by atoms with Crippen LogP contribution >= 0.6 is 0 Å². The first-order chi connectivity index (χ1) is 7.91. The minimum atomic E-state index is -3.03. The molecule has 3 N–H and O–H groups in total. The van der Waals surface area contributed by atoms with Crippen molar-refractivity contribution in [3.8, 4) is 0 Å². The summed E-state index contributed by atoms with van der Waals surface area (Å²) in [6, 6.07) is 0.106. The van der Waals surface area contributed by atoms with Crippen molar-refractivity contribution in [2.75, 3.05) is 12.3 Å². The highest BCUT2D eigenvalue weighted by Crippen LogP contribution is 2.31. The Labute approximate surface area is 102 Å². The molecule has 0 aromatic carbocycles. The normalized spacial score (nSPS) is 41.5. The van der Waals surface area contributed by atoms with Gasteiger partial charge in [-0.1, -0.05) is 0 Å². The molecule has 1 saturated carbocycles. The molecule has 2 rings (SSSR count). The van der Waals surface area contributed by atoms with E-state index in [0.29, 0.717) is 38.5 Å². The number of rotatable bonds is 3. The first kappa shape index (κ1) is 13.2. The van der Waals surface area contributed by atoms with E-state index in [4.69, 9.17) is 5.73 Å². The van der Waals surface area contributed by atoms with E-state index < -0.39 is 20.9 Å². The van der Waals surface area contributed by atoms with Crippen LogP contribution in [-0.2, 0) is 9.84 Å². The minimum Gasteiger partial charge on any atom is -0.328 e. The number of hydrogen-bond donors (Lipinski definition) is 2. The van der Waals surface area contributed by atoms with Crippen LogP contribution in [-0.4, -0.2) is 37.8 Å². The molecular formula is C11H21FN2O2S. The molecule has 1 unspecified atom stereocenters. The number of alkyl halides is 1. The SMILES string of the molecule is NC1CCC(F)(CNC2CCCS2(=O)=O)CC1. The Bertz CT molecular complexity index is 364. The third-order valence-corrected chi connectivity index (χ3v) is 6.03. The third kappa shape index (κ3) is 3.17. The first-order valence-corrected chi connectivity index (χ1v) is 8.02. The van der Waals surface area contributed by atoms with Crippen LogP contribution in [0, 0.1) is 0 Å². The molecule has 1 aliphatic carbocycles. The first-order valence-electron chi connectivity index (χ1n) is 6.31. The minimum absolute atomic E-state index is 0.106. The lowest BCUT2D eigenvalue weighted by Crippen LogP contribution is -2.46. The Morgan fingerprint density at radius 1 is 1.29 bits per heavy atom. The smallest absolute Gasteiger partial charge is 0.166 e. The number of hydrogen-bond acceptors (Lipinski definition) is 4. The van der Waals surface area contributed by atoms with Gasteiger partial charge < -0.3 is 5.73 Å². The molecule has 2 fully saturated rings. The third-order valence-electron chi connectivity index (χ3n) is 3.90. The molecular weight excluding hydrogens is 243 g/mol. The number of halogens is 1. The predicted octanol–water partition coefficient (Wildman–Crippen LogP) is 0.720. The van der Waals surface area contributed by atoms with Gasteiger partial charge in [-0.3, -0.25) is 5.32 Å². The van der Waals surface area contributed by atoms with Crippen molar-refractivity contribution in [2.24, 2.45) is 5.73 Å². The van der Waals surface area contributed by atoms with Crippen molar-refractivity contribution in [1.82, 2.24) is 5.32 Å². The highest BCUT2D eigenvalue weighted by molar-refractivity contribution is 7.92. The molecule has 2 aliphatic rings. The second kappa shape index (κ2) is 4.82. The van der Waals surface area contributed by atoms with Gasteiger partial charge in [-0.2, -0.15) is 0 Å². The maximum atomic E-state index is 14.3. The summed E-state index contributed by atoms with van der Waals surface area (Å²) in [7, 11) is -3.03. The van der Waals surface area contributed by atoms with Gasteiger partial charge in [0.2, 0.25) is 0 Å². The molecule has 0 aromatic rings. The standard InChI is InChI=1S/C11H21FN2O2S/c12-11(5-3-9(13)4-6-11)8-14-10-2-1-7-17(10,15)16/h9-10,14H,1-8,13H2. The quantitative estimate of drug-likeness (QED) is 0.788. The molecule has 1 atom stereocenters. The molecule has 0 amide bonds. The van der Waals surface area contributed by atoms with Gasteiger partial charge in [0.25, 0.3) is 0 Å². The molecule has 6 heteroatoms. The van der Waals surface area contributed by atoms with Crippen molar-refractivity contribution in [3.63, 3.8) is 0 Å². The zero-order chi connectivity index (χ0) is 12.5. The summed E-state index contributed by atoms with van der Waals surface area (Å²) in [5, 5.41) is 2.36. The topological polar surface area (TPSA) is 72.2 Å². The monoisotopic (exact) mass is 264 g/mol. The van der Waals surface area contributed by atoms with Crippen LogP contribution in [0.15, 0.2) is 0 Å². The highest BCUT2D eigenvalue weighted by Gasteiger charge is 2.37. The number of sulfone groups is 1. The van der Waals surface area contributed by atoms with Gasteiger partial charge in [0.15, 0.2) is 9.84 Å². The Morgan fingerprint density at radius 2 is 1.94 bits per heavy atom. The Morgan fingerprint density at radius 3 is 2.47 bits per heavy atom. The Kier molecular flexibility index (Phi) is 3.75. The van der Waals surface area contributed by atoms with Gasteiger partial charge >= 0.3 is 0 Å². The molecule has 1 saturated heterocycles. The molecule has 17 heavy (non-hydrogen) atoms. The van der Waals surface area contributed by atoms with Crippen molar-refractivity contribution in [2.45, 2.75) is 55.6 Å². The van der Waals surface area contributed by atoms with E-state index in [1.807, 2.05) is 0 Å². The average Bonchev–Trinajstić information content (AvgIpc) is 2.60. The molecule has 1 heterocycles. The van der Waals surface area contributed by atoms with Gasteiger partial charge in [-0.05, 0) is 38.5 Å². The Hall–Kier alpha value is -0.200. The van der Waals surface area contributed by atoms with Gasteiger partial charge in [-0.25, -0.2) is 12.8 Å². The number of nitrogens with one attached hydrogen (secondary N) is 1. The lowest BCUT2D eigenvalue weighted by atomic mass is 9.84. The summed E-state index contributed by atoms with van der Waals surface area (Å²) in [4.78, 5) is 0. The number of nitrogens with two attached hydrogens (primary N) is 1. The van der Waals surface area contributed by atoms with Crippen molar-refractivity contribution >= 4 is 9.84 Å². The van der Waals surface area contributed by atoms with Crippen molar-refractivity contribution < 1.29 is 12.8 Å². The van der Waals surface area contributed by atoms with Gasteiger partial charge in [0.1, 0.15) is 11.0 Å². The second-order valence-corrected chi connectivity index (χ2v) is 7.67. The van der Waals surface area contributed by atoms with Gasteiger partial charge in [0.05, 0.1) is 5.75 Å². The van der Waals surface area contributed by atoms with E-state index in [-0.39, 0.29) is 18.3 Å². The summed E-state index contributed by atoms with van der Waals surface area (Å²) in [5.41, 5.74) is 4.46. The zero-order valence-corrected chi connectivity index (χ0v) is 10.8. The molecule has 0 bridgehead atoms. The van der Waals surface area contributed by atoms with E-state index in [0.717, 1.165) is 0 Å². The lowest BCUT2D eigenvalue weighted by molar-refractivity contribution is 0.0968. The predicted molar refractivity (Wildman–Crippen MR) is 65.1 cm³/mol. The van der Waals surface area contributed by atoms with E-state index in [9.17, 15) is 12.8 Å². The van der Waals surface area contributed by atoms with Crippen LogP contribution in [0.4, 0.5) is 4.39 Å². The van der Waals surface area contributed by atoms with Crippen LogP contribution < -0.4 is 11.1 Å². The van der Waals surface area contributed by atoms with Crippen LogP contribution in [0.2, 0.25) is 0 Å². The maximum Gasteiger partial charge on any atom is 0.166 e. The van der Waals surface area contributed by atoms with Crippen LogP contribution in [0.3, 0.4) is 0 Å². The fourth-order valence-corrected chi connectivity index (χ4v) is 4.37. The van der Waals surface area contributed by atoms with E-state index in [2.05, 4.69) is 5.32 Å². The van der Waals surface area contributed by atoms with Crippen molar-refractivity contribution in [3.05, 3.63) is 0 Å². The maximum absolute atomic E-state index is 14.3. The second-order valence-electron chi connectivity index (χ2n) is 5.37. The average molecular weight is 264 g/mol. The highest BCUT2D eigenvalue weighted by atomic mass is 32.2. The molecule has 0 aromatic heterocycles.